The van der Waals surface area contributed by atoms with E-state index in [2.05, 4.69) is 61.4 Å². The first-order valence-corrected chi connectivity index (χ1v) is 7.67. The fraction of sp³-hybridized carbons (Fsp3) is 0.333. The molecule has 1 N–H and O–H groups in total. The van der Waals surface area contributed by atoms with E-state index < -0.39 is 0 Å². The molecule has 2 atom stereocenters. The van der Waals surface area contributed by atoms with Crippen molar-refractivity contribution in [1.82, 2.24) is 5.32 Å². The van der Waals surface area contributed by atoms with Crippen LogP contribution in [-0.2, 0) is 0 Å². The average Bonchev–Trinajstić information content (AvgIpc) is 2.53. The molecular formula is C18H23ClN2. The maximum Gasteiger partial charge on any atom is 0.0525 e. The topological polar surface area (TPSA) is 15.3 Å². The minimum Gasteiger partial charge on any atom is -0.368 e. The maximum atomic E-state index is 6.34. The van der Waals surface area contributed by atoms with Gasteiger partial charge < -0.3 is 10.2 Å². The van der Waals surface area contributed by atoms with Crippen molar-refractivity contribution < 1.29 is 0 Å². The van der Waals surface area contributed by atoms with Gasteiger partial charge in [-0.25, -0.2) is 0 Å². The second-order valence-corrected chi connectivity index (χ2v) is 5.78. The third-order valence-electron chi connectivity index (χ3n) is 4.15. The number of para-hydroxylation sites is 1. The van der Waals surface area contributed by atoms with Gasteiger partial charge in [0.1, 0.15) is 0 Å². The van der Waals surface area contributed by atoms with Gasteiger partial charge in [0.25, 0.3) is 0 Å². The van der Waals surface area contributed by atoms with Gasteiger partial charge in [-0.3, -0.25) is 0 Å². The zero-order valence-electron chi connectivity index (χ0n) is 13.1. The maximum absolute atomic E-state index is 6.34. The van der Waals surface area contributed by atoms with Gasteiger partial charge in [-0.15, -0.1) is 0 Å². The van der Waals surface area contributed by atoms with E-state index in [9.17, 15) is 0 Å². The Hall–Kier alpha value is -1.51. The third-order valence-corrected chi connectivity index (χ3v) is 4.50. The van der Waals surface area contributed by atoms with Crippen LogP contribution in [0, 0.1) is 0 Å². The van der Waals surface area contributed by atoms with Crippen LogP contribution < -0.4 is 10.2 Å². The van der Waals surface area contributed by atoms with Gasteiger partial charge in [-0.05, 0) is 44.2 Å². The summed E-state index contributed by atoms with van der Waals surface area (Å²) in [6.45, 7) is 4.36. The summed E-state index contributed by atoms with van der Waals surface area (Å²) in [5.74, 6) is 0. The molecule has 0 amide bonds. The summed E-state index contributed by atoms with van der Waals surface area (Å²) >= 11 is 6.34. The zero-order valence-corrected chi connectivity index (χ0v) is 13.9. The van der Waals surface area contributed by atoms with Gasteiger partial charge in [0.2, 0.25) is 0 Å². The number of benzene rings is 2. The van der Waals surface area contributed by atoms with Crippen molar-refractivity contribution in [2.75, 3.05) is 19.0 Å². The molecule has 0 radical (unpaired) electrons. The molecule has 3 heteroatoms. The molecule has 0 spiro atoms. The first-order valence-electron chi connectivity index (χ1n) is 7.29. The van der Waals surface area contributed by atoms with Crippen molar-refractivity contribution in [2.45, 2.75) is 25.9 Å². The Morgan fingerprint density at radius 3 is 2.14 bits per heavy atom. The molecule has 2 nitrogen and oxygen atoms in total. The highest BCUT2D eigenvalue weighted by Crippen LogP contribution is 2.33. The van der Waals surface area contributed by atoms with Crippen LogP contribution in [0.15, 0.2) is 48.5 Å². The molecule has 0 fully saturated rings. The lowest BCUT2D eigenvalue weighted by Gasteiger charge is -2.31. The summed E-state index contributed by atoms with van der Waals surface area (Å²) in [5, 5.41) is 4.13. The quantitative estimate of drug-likeness (QED) is 0.852. The minimum absolute atomic E-state index is 0.212. The van der Waals surface area contributed by atoms with Gasteiger partial charge in [-0.1, -0.05) is 48.0 Å². The average molecular weight is 303 g/mol. The zero-order chi connectivity index (χ0) is 15.4. The molecule has 0 saturated carbocycles. The molecule has 0 bridgehead atoms. The van der Waals surface area contributed by atoms with E-state index in [0.717, 1.165) is 10.6 Å². The molecule has 0 aliphatic heterocycles. The second-order valence-electron chi connectivity index (χ2n) is 5.38. The molecule has 0 saturated heterocycles. The van der Waals surface area contributed by atoms with Crippen LogP contribution in [0.25, 0.3) is 0 Å². The van der Waals surface area contributed by atoms with Crippen LogP contribution in [0.2, 0.25) is 5.02 Å². The Morgan fingerprint density at radius 2 is 1.52 bits per heavy atom. The van der Waals surface area contributed by atoms with Crippen LogP contribution in [0.4, 0.5) is 5.69 Å². The number of hydrogen-bond acceptors (Lipinski definition) is 2. The predicted octanol–water partition coefficient (Wildman–Crippen LogP) is 4.82. The van der Waals surface area contributed by atoms with Crippen LogP contribution in [-0.4, -0.2) is 14.1 Å². The van der Waals surface area contributed by atoms with Gasteiger partial charge in [0.05, 0.1) is 6.04 Å². The van der Waals surface area contributed by atoms with Crippen molar-refractivity contribution in [3.63, 3.8) is 0 Å². The largest absolute Gasteiger partial charge is 0.368 e. The molecule has 21 heavy (non-hydrogen) atoms. The highest BCUT2D eigenvalue weighted by Gasteiger charge is 2.18. The highest BCUT2D eigenvalue weighted by atomic mass is 35.5. The van der Waals surface area contributed by atoms with E-state index in [1.807, 2.05) is 25.2 Å². The van der Waals surface area contributed by atoms with E-state index in [4.69, 9.17) is 11.6 Å². The standard InChI is InChI=1S/C18H23ClN2/c1-13(20-3)15-9-6-8-12-18(15)21(4)14(2)16-10-5-7-11-17(16)19/h5-14,20H,1-4H3. The van der Waals surface area contributed by atoms with Crippen molar-refractivity contribution in [3.05, 3.63) is 64.7 Å². The van der Waals surface area contributed by atoms with Gasteiger partial charge >= 0.3 is 0 Å². The minimum atomic E-state index is 0.212. The van der Waals surface area contributed by atoms with E-state index in [1.54, 1.807) is 0 Å². The Labute approximate surface area is 132 Å². The van der Waals surface area contributed by atoms with E-state index in [1.165, 1.54) is 11.3 Å². The van der Waals surface area contributed by atoms with Crippen molar-refractivity contribution >= 4 is 17.3 Å². The molecule has 2 rings (SSSR count). The van der Waals surface area contributed by atoms with Crippen LogP contribution >= 0.6 is 11.6 Å². The van der Waals surface area contributed by atoms with Crippen LogP contribution in [0.1, 0.15) is 37.1 Å². The number of nitrogens with one attached hydrogen (secondary N) is 1. The summed E-state index contributed by atoms with van der Waals surface area (Å²) in [6, 6.07) is 17.1. The Morgan fingerprint density at radius 1 is 0.952 bits per heavy atom. The molecule has 2 unspecified atom stereocenters. The highest BCUT2D eigenvalue weighted by molar-refractivity contribution is 6.31. The summed E-state index contributed by atoms with van der Waals surface area (Å²) < 4.78 is 0. The number of halogens is 1. The lowest BCUT2D eigenvalue weighted by molar-refractivity contribution is 0.643. The van der Waals surface area contributed by atoms with Crippen molar-refractivity contribution in [3.8, 4) is 0 Å². The molecular weight excluding hydrogens is 280 g/mol. The monoisotopic (exact) mass is 302 g/mol. The van der Waals surface area contributed by atoms with Crippen LogP contribution in [0.5, 0.6) is 0 Å². The normalized spacial score (nSPS) is 13.8. The summed E-state index contributed by atoms with van der Waals surface area (Å²) in [4.78, 5) is 2.28. The van der Waals surface area contributed by atoms with Crippen molar-refractivity contribution in [2.24, 2.45) is 0 Å². The number of rotatable bonds is 5. The number of nitrogens with zero attached hydrogens (tertiary/aromatic N) is 1. The fourth-order valence-electron chi connectivity index (χ4n) is 2.56. The van der Waals surface area contributed by atoms with E-state index in [-0.39, 0.29) is 6.04 Å². The Bertz CT molecular complexity index is 597. The number of anilines is 1. The molecule has 0 aliphatic rings. The van der Waals surface area contributed by atoms with E-state index >= 15 is 0 Å². The number of hydrogen-bond donors (Lipinski definition) is 1. The second kappa shape index (κ2) is 6.97. The lowest BCUT2D eigenvalue weighted by Crippen LogP contribution is -2.25. The van der Waals surface area contributed by atoms with Crippen molar-refractivity contribution in [1.29, 1.82) is 0 Å². The molecule has 112 valence electrons. The van der Waals surface area contributed by atoms with Gasteiger partial charge in [0, 0.05) is 23.8 Å². The summed E-state index contributed by atoms with van der Waals surface area (Å²) in [5.41, 5.74) is 3.67. The first kappa shape index (κ1) is 15.9. The smallest absolute Gasteiger partial charge is 0.0525 e. The summed E-state index contributed by atoms with van der Waals surface area (Å²) in [7, 11) is 4.11. The first-order chi connectivity index (χ1) is 10.1. The Kier molecular flexibility index (Phi) is 5.27. The summed E-state index contributed by atoms with van der Waals surface area (Å²) in [6.07, 6.45) is 0. The van der Waals surface area contributed by atoms with Gasteiger partial charge in [0.15, 0.2) is 0 Å². The van der Waals surface area contributed by atoms with Gasteiger partial charge in [-0.2, -0.15) is 0 Å². The van der Waals surface area contributed by atoms with E-state index in [0.29, 0.717) is 6.04 Å². The third kappa shape index (κ3) is 3.39. The lowest BCUT2D eigenvalue weighted by atomic mass is 10.0. The molecule has 2 aromatic carbocycles. The predicted molar refractivity (Wildman–Crippen MR) is 92.2 cm³/mol. The molecule has 0 heterocycles. The SMILES string of the molecule is CNC(C)c1ccccc1N(C)C(C)c1ccccc1Cl. The molecule has 0 aromatic heterocycles. The molecule has 0 aliphatic carbocycles. The van der Waals surface area contributed by atoms with Crippen LogP contribution in [0.3, 0.4) is 0 Å². The molecule has 2 aromatic rings. The fourth-order valence-corrected chi connectivity index (χ4v) is 2.86. The Balaban J connectivity index is 2.36.